The molecule has 2 nitrogen and oxygen atoms in total. The molecule has 0 aromatic rings. The van der Waals surface area contributed by atoms with Crippen molar-refractivity contribution in [2.75, 3.05) is 0 Å². The Morgan fingerprint density at radius 2 is 2.10 bits per heavy atom. The zero-order valence-corrected chi connectivity index (χ0v) is 6.68. The number of hydrogen-bond donors (Lipinski definition) is 0. The van der Waals surface area contributed by atoms with Crippen LogP contribution in [0.3, 0.4) is 0 Å². The van der Waals surface area contributed by atoms with Crippen molar-refractivity contribution in [3.05, 3.63) is 18.6 Å². The average Bonchev–Trinajstić information content (AvgIpc) is 1.85. The largest absolute Gasteiger partial charge is 0.460 e. The highest BCUT2D eigenvalue weighted by Gasteiger charge is 2.05. The van der Waals surface area contributed by atoms with Gasteiger partial charge in [0.05, 0.1) is 6.10 Å². The fourth-order valence-corrected chi connectivity index (χ4v) is 0.408. The average molecular weight is 141 g/mol. The molecule has 0 aliphatic rings. The third kappa shape index (κ3) is 3.28. The molecule has 0 N–H and O–H groups in total. The molecule has 0 aromatic carbocycles. The highest BCUT2D eigenvalue weighted by molar-refractivity contribution is 5.89. The molecule has 0 atom stereocenters. The van der Waals surface area contributed by atoms with Crippen molar-refractivity contribution in [1.82, 2.24) is 0 Å². The van der Waals surface area contributed by atoms with Crippen LogP contribution in [0.15, 0.2) is 11.6 Å². The predicted molar refractivity (Wildman–Crippen MR) is 40.3 cm³/mol. The van der Waals surface area contributed by atoms with Crippen molar-refractivity contribution in [2.24, 2.45) is 0 Å². The summed E-state index contributed by atoms with van der Waals surface area (Å²) in [5.74, 6) is -0.336. The van der Waals surface area contributed by atoms with Crippen molar-refractivity contribution < 1.29 is 9.53 Å². The molecular formula is C8H13O2. The van der Waals surface area contributed by atoms with Crippen LogP contribution in [0.2, 0.25) is 0 Å². The lowest BCUT2D eigenvalue weighted by molar-refractivity contribution is -0.142. The van der Waals surface area contributed by atoms with Crippen molar-refractivity contribution in [1.29, 1.82) is 0 Å². The molecule has 0 spiro atoms. The Hall–Kier alpha value is -0.790. The maximum absolute atomic E-state index is 10.8. The first-order valence-corrected chi connectivity index (χ1v) is 3.27. The van der Waals surface area contributed by atoms with Gasteiger partial charge in [0.1, 0.15) is 0 Å². The van der Waals surface area contributed by atoms with Gasteiger partial charge in [0, 0.05) is 5.57 Å². The Labute approximate surface area is 61.9 Å². The van der Waals surface area contributed by atoms with E-state index >= 15 is 0 Å². The molecule has 0 amide bonds. The fourth-order valence-electron chi connectivity index (χ4n) is 0.408. The Morgan fingerprint density at radius 1 is 1.60 bits per heavy atom. The van der Waals surface area contributed by atoms with E-state index in [0.717, 1.165) is 0 Å². The number of carbonyl (C=O) groups is 1. The summed E-state index contributed by atoms with van der Waals surface area (Å²) in [6, 6.07) is 0. The molecule has 0 aliphatic heterocycles. The van der Waals surface area contributed by atoms with Crippen LogP contribution in [0.5, 0.6) is 0 Å². The molecule has 0 aromatic heterocycles. The normalized spacial score (nSPS) is 11.9. The molecule has 0 fully saturated rings. The molecular weight excluding hydrogens is 128 g/mol. The SMILES string of the molecule is [CH2]/C(=C/C)C(=O)OC(C)C. The smallest absolute Gasteiger partial charge is 0.333 e. The Morgan fingerprint density at radius 3 is 2.40 bits per heavy atom. The van der Waals surface area contributed by atoms with E-state index in [0.29, 0.717) is 5.57 Å². The summed E-state index contributed by atoms with van der Waals surface area (Å²) in [6.07, 6.45) is 1.56. The number of allylic oxidation sites excluding steroid dienone is 1. The molecule has 1 radical (unpaired) electrons. The monoisotopic (exact) mass is 141 g/mol. The van der Waals surface area contributed by atoms with Crippen molar-refractivity contribution in [3.8, 4) is 0 Å². The van der Waals surface area contributed by atoms with Gasteiger partial charge < -0.3 is 4.74 Å². The first kappa shape index (κ1) is 9.21. The van der Waals surface area contributed by atoms with Gasteiger partial charge >= 0.3 is 5.97 Å². The molecule has 0 aliphatic carbocycles. The molecule has 0 unspecified atom stereocenters. The van der Waals surface area contributed by atoms with E-state index in [4.69, 9.17) is 4.74 Å². The summed E-state index contributed by atoms with van der Waals surface area (Å²) in [4.78, 5) is 10.8. The molecule has 10 heavy (non-hydrogen) atoms. The van der Waals surface area contributed by atoms with E-state index in [2.05, 4.69) is 6.92 Å². The standard InChI is InChI=1S/C8H13O2/c1-5-7(4)8(9)10-6(2)3/h5-6H,4H2,1-3H3/b7-5-. The van der Waals surface area contributed by atoms with Crippen LogP contribution < -0.4 is 0 Å². The highest BCUT2D eigenvalue weighted by Crippen LogP contribution is 1.98. The van der Waals surface area contributed by atoms with Crippen LogP contribution in [-0.2, 0) is 9.53 Å². The van der Waals surface area contributed by atoms with Gasteiger partial charge in [0.2, 0.25) is 0 Å². The highest BCUT2D eigenvalue weighted by atomic mass is 16.5. The van der Waals surface area contributed by atoms with E-state index < -0.39 is 0 Å². The van der Waals surface area contributed by atoms with E-state index in [1.54, 1.807) is 26.8 Å². The predicted octanol–water partition coefficient (Wildman–Crippen LogP) is 1.72. The summed E-state index contributed by atoms with van der Waals surface area (Å²) in [5, 5.41) is 0. The maximum atomic E-state index is 10.8. The van der Waals surface area contributed by atoms with E-state index in [1.165, 1.54) is 0 Å². The number of ether oxygens (including phenoxy) is 1. The summed E-state index contributed by atoms with van der Waals surface area (Å²) in [5.41, 5.74) is 0.411. The minimum absolute atomic E-state index is 0.0656. The van der Waals surface area contributed by atoms with Gasteiger partial charge in [-0.3, -0.25) is 0 Å². The van der Waals surface area contributed by atoms with Crippen LogP contribution in [0.25, 0.3) is 0 Å². The summed E-state index contributed by atoms with van der Waals surface area (Å²) >= 11 is 0. The molecule has 0 heterocycles. The Balaban J connectivity index is 3.86. The maximum Gasteiger partial charge on any atom is 0.333 e. The minimum atomic E-state index is -0.336. The van der Waals surface area contributed by atoms with Gasteiger partial charge in [-0.15, -0.1) is 0 Å². The lowest BCUT2D eigenvalue weighted by atomic mass is 10.3. The molecule has 0 saturated carbocycles. The molecule has 0 bridgehead atoms. The third-order valence-corrected chi connectivity index (χ3v) is 0.953. The van der Waals surface area contributed by atoms with E-state index in [-0.39, 0.29) is 12.1 Å². The van der Waals surface area contributed by atoms with Crippen LogP contribution in [0.1, 0.15) is 20.8 Å². The molecule has 2 heteroatoms. The van der Waals surface area contributed by atoms with Gasteiger partial charge in [-0.2, -0.15) is 0 Å². The minimum Gasteiger partial charge on any atom is -0.460 e. The third-order valence-electron chi connectivity index (χ3n) is 0.953. The van der Waals surface area contributed by atoms with E-state index in [1.807, 2.05) is 0 Å². The van der Waals surface area contributed by atoms with Crippen LogP contribution in [0.4, 0.5) is 0 Å². The Kier molecular flexibility index (Phi) is 3.77. The molecule has 57 valence electrons. The van der Waals surface area contributed by atoms with Gasteiger partial charge in [-0.25, -0.2) is 4.79 Å². The topological polar surface area (TPSA) is 26.3 Å². The van der Waals surface area contributed by atoms with Gasteiger partial charge in [-0.1, -0.05) is 6.08 Å². The van der Waals surface area contributed by atoms with Crippen LogP contribution in [0, 0.1) is 6.92 Å². The van der Waals surface area contributed by atoms with Crippen molar-refractivity contribution >= 4 is 5.97 Å². The second kappa shape index (κ2) is 4.09. The number of rotatable bonds is 2. The first-order valence-electron chi connectivity index (χ1n) is 3.27. The second-order valence-electron chi connectivity index (χ2n) is 2.27. The van der Waals surface area contributed by atoms with Crippen LogP contribution in [-0.4, -0.2) is 12.1 Å². The summed E-state index contributed by atoms with van der Waals surface area (Å²) in [6.45, 7) is 8.86. The fraction of sp³-hybridized carbons (Fsp3) is 0.500. The second-order valence-corrected chi connectivity index (χ2v) is 2.27. The summed E-state index contributed by atoms with van der Waals surface area (Å²) in [7, 11) is 0. The molecule has 0 rings (SSSR count). The number of esters is 1. The van der Waals surface area contributed by atoms with Gasteiger partial charge in [-0.05, 0) is 27.7 Å². The Bertz CT molecular complexity index is 145. The summed E-state index contributed by atoms with van der Waals surface area (Å²) < 4.78 is 4.83. The number of carbonyl (C=O) groups excluding carboxylic acids is 1. The lowest BCUT2D eigenvalue weighted by Crippen LogP contribution is -2.11. The van der Waals surface area contributed by atoms with E-state index in [9.17, 15) is 4.79 Å². The van der Waals surface area contributed by atoms with Gasteiger partial charge in [0.25, 0.3) is 0 Å². The zero-order chi connectivity index (χ0) is 8.15. The van der Waals surface area contributed by atoms with Crippen LogP contribution >= 0.6 is 0 Å². The first-order chi connectivity index (χ1) is 4.57. The number of hydrogen-bond acceptors (Lipinski definition) is 2. The lowest BCUT2D eigenvalue weighted by Gasteiger charge is -2.06. The quantitative estimate of drug-likeness (QED) is 0.432. The van der Waals surface area contributed by atoms with Crippen molar-refractivity contribution in [2.45, 2.75) is 26.9 Å². The van der Waals surface area contributed by atoms with Gasteiger partial charge in [0.15, 0.2) is 0 Å². The zero-order valence-electron chi connectivity index (χ0n) is 6.68. The van der Waals surface area contributed by atoms with Crippen molar-refractivity contribution in [3.63, 3.8) is 0 Å². The molecule has 0 saturated heterocycles.